The maximum atomic E-state index is 13.0. The van der Waals surface area contributed by atoms with Gasteiger partial charge in [-0.05, 0) is 24.6 Å². The summed E-state index contributed by atoms with van der Waals surface area (Å²) in [6.45, 7) is 1.71. The molecule has 0 atom stereocenters. The summed E-state index contributed by atoms with van der Waals surface area (Å²) in [6.07, 6.45) is -3.48. The summed E-state index contributed by atoms with van der Waals surface area (Å²) in [6, 6.07) is 5.52. The number of nitro benzene ring substituents is 1. The smallest absolute Gasteiger partial charge is 0.319 e. The number of imidazole rings is 1. The lowest BCUT2D eigenvalue weighted by Gasteiger charge is -2.10. The first kappa shape index (κ1) is 19.6. The predicted octanol–water partition coefficient (Wildman–Crippen LogP) is 4.73. The summed E-state index contributed by atoms with van der Waals surface area (Å²) in [5.41, 5.74) is -0.691. The monoisotopic (exact) mass is 412 g/mol. The molecule has 146 valence electrons. The number of aromatic nitrogens is 2. The summed E-state index contributed by atoms with van der Waals surface area (Å²) >= 11 is 5.97. The van der Waals surface area contributed by atoms with E-state index in [0.29, 0.717) is 12.1 Å². The van der Waals surface area contributed by atoms with E-state index in [9.17, 15) is 28.1 Å². The van der Waals surface area contributed by atoms with Gasteiger partial charge in [0.25, 0.3) is 11.6 Å². The Morgan fingerprint density at radius 3 is 2.61 bits per heavy atom. The van der Waals surface area contributed by atoms with Gasteiger partial charge in [-0.3, -0.25) is 19.3 Å². The van der Waals surface area contributed by atoms with Gasteiger partial charge in [0.2, 0.25) is 0 Å². The third-order valence-corrected chi connectivity index (χ3v) is 4.29. The number of nitrogens with one attached hydrogen (secondary N) is 1. The number of benzene rings is 1. The third kappa shape index (κ3) is 3.63. The van der Waals surface area contributed by atoms with E-state index < -0.39 is 22.6 Å². The number of pyridine rings is 1. The standard InChI is InChI=1S/C17H12ClF3N4O3/c1-2-12-15(24-8-9(17(19,20)21)3-6-14(24)22-12)16(26)23-13-5-4-10(25(27)28)7-11(13)18/h3-8H,2H2,1H3,(H,23,26). The molecule has 1 amide bonds. The molecule has 1 N–H and O–H groups in total. The molecule has 0 saturated heterocycles. The Morgan fingerprint density at radius 1 is 1.32 bits per heavy atom. The Kier molecular flexibility index (Phi) is 4.99. The largest absolute Gasteiger partial charge is 0.417 e. The zero-order chi connectivity index (χ0) is 20.6. The van der Waals surface area contributed by atoms with Gasteiger partial charge >= 0.3 is 6.18 Å². The molecular formula is C17H12ClF3N4O3. The van der Waals surface area contributed by atoms with E-state index in [4.69, 9.17) is 11.6 Å². The molecule has 28 heavy (non-hydrogen) atoms. The van der Waals surface area contributed by atoms with E-state index in [1.54, 1.807) is 6.92 Å². The van der Waals surface area contributed by atoms with Crippen LogP contribution >= 0.6 is 11.6 Å². The zero-order valence-corrected chi connectivity index (χ0v) is 15.0. The highest BCUT2D eigenvalue weighted by atomic mass is 35.5. The summed E-state index contributed by atoms with van der Waals surface area (Å²) in [4.78, 5) is 27.1. The zero-order valence-electron chi connectivity index (χ0n) is 14.2. The number of nitro groups is 1. The van der Waals surface area contributed by atoms with Crippen LogP contribution in [0.5, 0.6) is 0 Å². The normalized spacial score (nSPS) is 11.6. The SMILES string of the molecule is CCc1nc2ccc(C(F)(F)F)cn2c1C(=O)Nc1ccc([N+](=O)[O-])cc1Cl. The average molecular weight is 413 g/mol. The quantitative estimate of drug-likeness (QED) is 0.495. The predicted molar refractivity (Wildman–Crippen MR) is 95.6 cm³/mol. The minimum atomic E-state index is -4.58. The molecule has 11 heteroatoms. The highest BCUT2D eigenvalue weighted by Crippen LogP contribution is 2.31. The lowest BCUT2D eigenvalue weighted by Crippen LogP contribution is -2.17. The van der Waals surface area contributed by atoms with Gasteiger partial charge in [-0.15, -0.1) is 0 Å². The van der Waals surface area contributed by atoms with Crippen LogP contribution in [-0.2, 0) is 12.6 Å². The van der Waals surface area contributed by atoms with E-state index in [-0.39, 0.29) is 27.7 Å². The second-order valence-electron chi connectivity index (χ2n) is 5.78. The topological polar surface area (TPSA) is 89.5 Å². The molecule has 7 nitrogen and oxygen atoms in total. The van der Waals surface area contributed by atoms with Crippen molar-refractivity contribution in [2.45, 2.75) is 19.5 Å². The molecule has 0 fully saturated rings. The maximum absolute atomic E-state index is 13.0. The lowest BCUT2D eigenvalue weighted by molar-refractivity contribution is -0.384. The molecule has 0 aliphatic rings. The molecule has 3 aromatic rings. The Morgan fingerprint density at radius 2 is 2.04 bits per heavy atom. The number of nitrogens with zero attached hydrogens (tertiary/aromatic N) is 3. The third-order valence-electron chi connectivity index (χ3n) is 3.98. The molecule has 0 aliphatic heterocycles. The summed E-state index contributed by atoms with van der Waals surface area (Å²) < 4.78 is 40.2. The van der Waals surface area contributed by atoms with Crippen molar-refractivity contribution in [3.05, 3.63) is 68.6 Å². The minimum Gasteiger partial charge on any atom is -0.319 e. The van der Waals surface area contributed by atoms with Crippen LogP contribution in [0, 0.1) is 10.1 Å². The van der Waals surface area contributed by atoms with Crippen LogP contribution in [-0.4, -0.2) is 20.2 Å². The van der Waals surface area contributed by atoms with Crippen LogP contribution in [0.25, 0.3) is 5.65 Å². The molecule has 1 aromatic carbocycles. The number of rotatable bonds is 4. The van der Waals surface area contributed by atoms with Crippen molar-refractivity contribution in [3.8, 4) is 0 Å². The maximum Gasteiger partial charge on any atom is 0.417 e. The fourth-order valence-electron chi connectivity index (χ4n) is 2.65. The molecule has 0 unspecified atom stereocenters. The fourth-order valence-corrected chi connectivity index (χ4v) is 2.87. The Hall–Kier alpha value is -3.14. The second-order valence-corrected chi connectivity index (χ2v) is 6.19. The number of halogens is 4. The van der Waals surface area contributed by atoms with Crippen LogP contribution in [0.4, 0.5) is 24.5 Å². The van der Waals surface area contributed by atoms with Crippen molar-refractivity contribution >= 4 is 34.5 Å². The molecule has 3 rings (SSSR count). The Balaban J connectivity index is 2.04. The van der Waals surface area contributed by atoms with Gasteiger partial charge in [0.1, 0.15) is 11.3 Å². The molecule has 0 bridgehead atoms. The molecule has 0 spiro atoms. The number of amides is 1. The van der Waals surface area contributed by atoms with Crippen molar-refractivity contribution in [3.63, 3.8) is 0 Å². The Bertz CT molecular complexity index is 1100. The number of aryl methyl sites for hydroxylation is 1. The van der Waals surface area contributed by atoms with E-state index in [0.717, 1.165) is 28.8 Å². The van der Waals surface area contributed by atoms with Gasteiger partial charge < -0.3 is 5.32 Å². The molecule has 0 aliphatic carbocycles. The van der Waals surface area contributed by atoms with Crippen molar-refractivity contribution in [2.24, 2.45) is 0 Å². The number of non-ortho nitro benzene ring substituents is 1. The van der Waals surface area contributed by atoms with Crippen LogP contribution in [0.15, 0.2) is 36.5 Å². The summed E-state index contributed by atoms with van der Waals surface area (Å²) in [5.74, 6) is -0.737. The van der Waals surface area contributed by atoms with Gasteiger partial charge in [-0.1, -0.05) is 18.5 Å². The van der Waals surface area contributed by atoms with Gasteiger partial charge in [-0.25, -0.2) is 4.98 Å². The van der Waals surface area contributed by atoms with E-state index >= 15 is 0 Å². The molecule has 2 heterocycles. The highest BCUT2D eigenvalue weighted by Gasteiger charge is 2.32. The van der Waals surface area contributed by atoms with Crippen LogP contribution in [0.1, 0.15) is 28.7 Å². The van der Waals surface area contributed by atoms with Crippen molar-refractivity contribution in [1.82, 2.24) is 9.38 Å². The first-order chi connectivity index (χ1) is 13.1. The number of anilines is 1. The average Bonchev–Trinajstić information content (AvgIpc) is 3.00. The van der Waals surface area contributed by atoms with Crippen molar-refractivity contribution in [1.29, 1.82) is 0 Å². The Labute approximate surface area is 160 Å². The second kappa shape index (κ2) is 7.12. The molecule has 0 radical (unpaired) electrons. The van der Waals surface area contributed by atoms with Crippen LogP contribution in [0.3, 0.4) is 0 Å². The highest BCUT2D eigenvalue weighted by molar-refractivity contribution is 6.34. The number of fused-ring (bicyclic) bond motifs is 1. The molecule has 2 aromatic heterocycles. The number of carbonyl (C=O) groups excluding carboxylic acids is 1. The fraction of sp³-hybridized carbons (Fsp3) is 0.176. The summed E-state index contributed by atoms with van der Waals surface area (Å²) in [5, 5.41) is 13.2. The summed E-state index contributed by atoms with van der Waals surface area (Å²) in [7, 11) is 0. The van der Waals surface area contributed by atoms with Gasteiger partial charge in [-0.2, -0.15) is 13.2 Å². The number of hydrogen-bond donors (Lipinski definition) is 1. The first-order valence-electron chi connectivity index (χ1n) is 7.95. The number of hydrogen-bond acceptors (Lipinski definition) is 4. The molecule has 0 saturated carbocycles. The van der Waals surface area contributed by atoms with E-state index in [1.807, 2.05) is 0 Å². The van der Waals surface area contributed by atoms with Crippen LogP contribution < -0.4 is 5.32 Å². The van der Waals surface area contributed by atoms with Gasteiger partial charge in [0.05, 0.1) is 26.9 Å². The van der Waals surface area contributed by atoms with Gasteiger partial charge in [0.15, 0.2) is 0 Å². The van der Waals surface area contributed by atoms with Crippen molar-refractivity contribution in [2.75, 3.05) is 5.32 Å². The molecular weight excluding hydrogens is 401 g/mol. The van der Waals surface area contributed by atoms with Gasteiger partial charge in [0, 0.05) is 18.3 Å². The van der Waals surface area contributed by atoms with Crippen LogP contribution in [0.2, 0.25) is 5.02 Å². The first-order valence-corrected chi connectivity index (χ1v) is 8.33. The lowest BCUT2D eigenvalue weighted by atomic mass is 10.2. The van der Waals surface area contributed by atoms with E-state index in [2.05, 4.69) is 10.3 Å². The van der Waals surface area contributed by atoms with E-state index in [1.165, 1.54) is 12.1 Å². The number of alkyl halides is 3. The minimum absolute atomic E-state index is 0.0713. The number of carbonyl (C=O) groups is 1. The van der Waals surface area contributed by atoms with Crippen molar-refractivity contribution < 1.29 is 22.9 Å².